The summed E-state index contributed by atoms with van der Waals surface area (Å²) in [6, 6.07) is 0. The summed E-state index contributed by atoms with van der Waals surface area (Å²) >= 11 is 0. The maximum Gasteiger partial charge on any atom is 0.329 e. The summed E-state index contributed by atoms with van der Waals surface area (Å²) in [5, 5.41) is 10.9. The van der Waals surface area contributed by atoms with Crippen LogP contribution in [-0.4, -0.2) is 50.0 Å². The molecule has 1 aliphatic heterocycles. The van der Waals surface area contributed by atoms with Gasteiger partial charge in [0.1, 0.15) is 13.2 Å². The zero-order valence-corrected chi connectivity index (χ0v) is 8.40. The van der Waals surface area contributed by atoms with E-state index in [1.165, 1.54) is 0 Å². The molecule has 0 bridgehead atoms. The van der Waals surface area contributed by atoms with E-state index < -0.39 is 12.6 Å². The second-order valence-electron chi connectivity index (χ2n) is 3.42. The molecule has 0 saturated carbocycles. The number of carboxylic acids is 1. The third-order valence-corrected chi connectivity index (χ3v) is 2.07. The standard InChI is InChI=1S/C9H15NO5/c11-8(5-15-6-9(12)13)10-3-7-1-2-14-4-7/h7H,1-6H2,(H,10,11)(H,12,13). The van der Waals surface area contributed by atoms with Crippen LogP contribution in [0.25, 0.3) is 0 Å². The van der Waals surface area contributed by atoms with Crippen LogP contribution >= 0.6 is 0 Å². The molecule has 1 unspecified atom stereocenters. The molecule has 1 fully saturated rings. The molecule has 0 aromatic carbocycles. The van der Waals surface area contributed by atoms with Crippen LogP contribution in [0, 0.1) is 5.92 Å². The van der Waals surface area contributed by atoms with E-state index in [-0.39, 0.29) is 12.5 Å². The predicted molar refractivity (Wildman–Crippen MR) is 50.4 cm³/mol. The van der Waals surface area contributed by atoms with Gasteiger partial charge in [0.2, 0.25) is 5.91 Å². The highest BCUT2D eigenvalue weighted by molar-refractivity contribution is 5.77. The maximum atomic E-state index is 11.1. The van der Waals surface area contributed by atoms with Crippen LogP contribution in [0.5, 0.6) is 0 Å². The van der Waals surface area contributed by atoms with Crippen LogP contribution < -0.4 is 5.32 Å². The molecule has 0 radical (unpaired) electrons. The van der Waals surface area contributed by atoms with Crippen LogP contribution in [0.4, 0.5) is 0 Å². The predicted octanol–water partition coefficient (Wildman–Crippen LogP) is -0.760. The van der Waals surface area contributed by atoms with Gasteiger partial charge < -0.3 is 19.9 Å². The first kappa shape index (κ1) is 11.9. The normalized spacial score (nSPS) is 20.1. The highest BCUT2D eigenvalue weighted by atomic mass is 16.5. The van der Waals surface area contributed by atoms with Gasteiger partial charge in [-0.2, -0.15) is 0 Å². The zero-order valence-electron chi connectivity index (χ0n) is 8.40. The molecule has 1 saturated heterocycles. The van der Waals surface area contributed by atoms with Crippen LogP contribution in [0.2, 0.25) is 0 Å². The van der Waals surface area contributed by atoms with Crippen molar-refractivity contribution in [1.82, 2.24) is 5.32 Å². The first-order valence-corrected chi connectivity index (χ1v) is 4.82. The molecule has 2 N–H and O–H groups in total. The van der Waals surface area contributed by atoms with Gasteiger partial charge >= 0.3 is 5.97 Å². The fraction of sp³-hybridized carbons (Fsp3) is 0.778. The number of rotatable bonds is 6. The van der Waals surface area contributed by atoms with Crippen LogP contribution in [-0.2, 0) is 19.1 Å². The number of carbonyl (C=O) groups is 2. The molecule has 1 heterocycles. The first-order chi connectivity index (χ1) is 7.18. The summed E-state index contributed by atoms with van der Waals surface area (Å²) < 4.78 is 9.77. The molecular weight excluding hydrogens is 202 g/mol. The minimum atomic E-state index is -1.08. The summed E-state index contributed by atoms with van der Waals surface area (Å²) in [7, 11) is 0. The minimum Gasteiger partial charge on any atom is -0.480 e. The SMILES string of the molecule is O=C(O)COCC(=O)NCC1CCOC1. The number of carboxylic acid groups (broad SMARTS) is 1. The van der Waals surface area contributed by atoms with Gasteiger partial charge in [0.15, 0.2) is 0 Å². The molecule has 0 aromatic heterocycles. The number of nitrogens with one attached hydrogen (secondary N) is 1. The average molecular weight is 217 g/mol. The molecule has 15 heavy (non-hydrogen) atoms. The van der Waals surface area contributed by atoms with Crippen molar-refractivity contribution in [3.8, 4) is 0 Å². The van der Waals surface area contributed by atoms with Crippen LogP contribution in [0.3, 0.4) is 0 Å². The van der Waals surface area contributed by atoms with Crippen molar-refractivity contribution in [3.05, 3.63) is 0 Å². The second-order valence-corrected chi connectivity index (χ2v) is 3.42. The van der Waals surface area contributed by atoms with Gasteiger partial charge in [-0.1, -0.05) is 0 Å². The van der Waals surface area contributed by atoms with E-state index >= 15 is 0 Å². The molecule has 0 spiro atoms. The average Bonchev–Trinajstić information content (AvgIpc) is 2.66. The zero-order chi connectivity index (χ0) is 11.1. The summed E-state index contributed by atoms with van der Waals surface area (Å²) in [6.45, 7) is 1.33. The largest absolute Gasteiger partial charge is 0.480 e. The Morgan fingerprint density at radius 2 is 2.27 bits per heavy atom. The smallest absolute Gasteiger partial charge is 0.329 e. The number of aliphatic carboxylic acids is 1. The van der Waals surface area contributed by atoms with Crippen LogP contribution in [0.1, 0.15) is 6.42 Å². The molecule has 1 amide bonds. The van der Waals surface area contributed by atoms with Crippen molar-refractivity contribution in [2.24, 2.45) is 5.92 Å². The highest BCUT2D eigenvalue weighted by Gasteiger charge is 2.16. The Morgan fingerprint density at radius 1 is 1.47 bits per heavy atom. The topological polar surface area (TPSA) is 84.9 Å². The lowest BCUT2D eigenvalue weighted by molar-refractivity contribution is -0.143. The number of hydrogen-bond acceptors (Lipinski definition) is 4. The van der Waals surface area contributed by atoms with Gasteiger partial charge in [0.05, 0.1) is 6.61 Å². The van der Waals surface area contributed by atoms with E-state index in [2.05, 4.69) is 10.1 Å². The summed E-state index contributed by atoms with van der Waals surface area (Å²) in [6.07, 6.45) is 0.955. The summed E-state index contributed by atoms with van der Waals surface area (Å²) in [5.74, 6) is -0.997. The van der Waals surface area contributed by atoms with Crippen molar-refractivity contribution in [1.29, 1.82) is 0 Å². The van der Waals surface area contributed by atoms with Gasteiger partial charge in [-0.15, -0.1) is 0 Å². The number of amides is 1. The Labute approximate surface area is 87.5 Å². The van der Waals surface area contributed by atoms with Gasteiger partial charge in [-0.05, 0) is 6.42 Å². The Morgan fingerprint density at radius 3 is 2.87 bits per heavy atom. The monoisotopic (exact) mass is 217 g/mol. The minimum absolute atomic E-state index is 0.208. The summed E-state index contributed by atoms with van der Waals surface area (Å²) in [5.41, 5.74) is 0. The molecule has 1 atom stereocenters. The lowest BCUT2D eigenvalue weighted by Gasteiger charge is -2.08. The maximum absolute atomic E-state index is 11.1. The Balaban J connectivity index is 2.00. The van der Waals surface area contributed by atoms with E-state index in [1.807, 2.05) is 0 Å². The first-order valence-electron chi connectivity index (χ1n) is 4.82. The van der Waals surface area contributed by atoms with Crippen molar-refractivity contribution in [3.63, 3.8) is 0 Å². The van der Waals surface area contributed by atoms with Crippen LogP contribution in [0.15, 0.2) is 0 Å². The van der Waals surface area contributed by atoms with E-state index in [0.717, 1.165) is 13.0 Å². The quantitative estimate of drug-likeness (QED) is 0.611. The van der Waals surface area contributed by atoms with E-state index in [1.54, 1.807) is 0 Å². The van der Waals surface area contributed by atoms with Gasteiger partial charge in [0, 0.05) is 19.1 Å². The molecule has 6 heteroatoms. The van der Waals surface area contributed by atoms with Crippen molar-refractivity contribution >= 4 is 11.9 Å². The molecule has 1 aliphatic rings. The van der Waals surface area contributed by atoms with Crippen molar-refractivity contribution < 1.29 is 24.2 Å². The fourth-order valence-corrected chi connectivity index (χ4v) is 1.28. The Kier molecular flexibility index (Phi) is 5.06. The molecule has 0 aromatic rings. The van der Waals surface area contributed by atoms with Crippen molar-refractivity contribution in [2.75, 3.05) is 33.0 Å². The summed E-state index contributed by atoms with van der Waals surface area (Å²) in [4.78, 5) is 21.2. The van der Waals surface area contributed by atoms with Gasteiger partial charge in [-0.3, -0.25) is 4.79 Å². The molecule has 86 valence electrons. The van der Waals surface area contributed by atoms with Gasteiger partial charge in [0.25, 0.3) is 0 Å². The lowest BCUT2D eigenvalue weighted by atomic mass is 10.1. The van der Waals surface area contributed by atoms with E-state index in [9.17, 15) is 9.59 Å². The Bertz CT molecular complexity index is 225. The second kappa shape index (κ2) is 6.36. The third kappa shape index (κ3) is 5.34. The third-order valence-electron chi connectivity index (χ3n) is 2.07. The van der Waals surface area contributed by atoms with E-state index in [4.69, 9.17) is 9.84 Å². The molecule has 1 rings (SSSR count). The molecule has 0 aliphatic carbocycles. The molecular formula is C9H15NO5. The van der Waals surface area contributed by atoms with Crippen molar-refractivity contribution in [2.45, 2.75) is 6.42 Å². The number of hydrogen-bond donors (Lipinski definition) is 2. The van der Waals surface area contributed by atoms with Gasteiger partial charge in [-0.25, -0.2) is 4.79 Å². The Hall–Kier alpha value is -1.14. The number of ether oxygens (including phenoxy) is 2. The fourth-order valence-electron chi connectivity index (χ4n) is 1.28. The number of carbonyl (C=O) groups excluding carboxylic acids is 1. The lowest BCUT2D eigenvalue weighted by Crippen LogP contribution is -2.32. The highest BCUT2D eigenvalue weighted by Crippen LogP contribution is 2.10. The van der Waals surface area contributed by atoms with E-state index in [0.29, 0.717) is 19.1 Å². The molecule has 6 nitrogen and oxygen atoms in total.